The van der Waals surface area contributed by atoms with Gasteiger partial charge in [-0.05, 0) is 18.1 Å². The van der Waals surface area contributed by atoms with Gasteiger partial charge in [0.2, 0.25) is 6.41 Å². The zero-order chi connectivity index (χ0) is 12.5. The number of thioether (sulfide) groups is 1. The van der Waals surface area contributed by atoms with E-state index in [1.807, 2.05) is 24.6 Å². The minimum Gasteiger partial charge on any atom is -0.355 e. The van der Waals surface area contributed by atoms with Gasteiger partial charge in [-0.1, -0.05) is 30.8 Å². The van der Waals surface area contributed by atoms with Crippen LogP contribution in [0.5, 0.6) is 0 Å². The third kappa shape index (κ3) is 5.92. The van der Waals surface area contributed by atoms with Crippen molar-refractivity contribution < 1.29 is 4.79 Å². The van der Waals surface area contributed by atoms with Gasteiger partial charge in [-0.15, -0.1) is 11.8 Å². The molecule has 4 heteroatoms. The number of benzene rings is 1. The third-order valence-corrected chi connectivity index (χ3v) is 2.76. The van der Waals surface area contributed by atoms with E-state index in [-0.39, 0.29) is 0 Å². The van der Waals surface area contributed by atoms with Gasteiger partial charge in [0, 0.05) is 18.0 Å². The SMILES string of the molecule is C=C(C)/N=C\SCc1ccc(CNC=O)cc1. The monoisotopic (exact) mass is 248 g/mol. The van der Waals surface area contributed by atoms with Crippen molar-refractivity contribution in [2.45, 2.75) is 19.2 Å². The van der Waals surface area contributed by atoms with Gasteiger partial charge in [0.15, 0.2) is 0 Å². The fourth-order valence-electron chi connectivity index (χ4n) is 1.17. The van der Waals surface area contributed by atoms with Gasteiger partial charge in [0.1, 0.15) is 0 Å². The van der Waals surface area contributed by atoms with Gasteiger partial charge >= 0.3 is 0 Å². The fraction of sp³-hybridized carbons (Fsp3) is 0.231. The van der Waals surface area contributed by atoms with E-state index in [1.54, 1.807) is 11.8 Å². The van der Waals surface area contributed by atoms with Gasteiger partial charge in [0.25, 0.3) is 0 Å². The van der Waals surface area contributed by atoms with E-state index in [0.29, 0.717) is 13.0 Å². The summed E-state index contributed by atoms with van der Waals surface area (Å²) >= 11 is 1.63. The van der Waals surface area contributed by atoms with E-state index in [2.05, 4.69) is 29.0 Å². The highest BCUT2D eigenvalue weighted by molar-refractivity contribution is 8.11. The molecular weight excluding hydrogens is 232 g/mol. The maximum absolute atomic E-state index is 10.1. The van der Waals surface area contributed by atoms with Crippen LogP contribution in [0.3, 0.4) is 0 Å². The van der Waals surface area contributed by atoms with Gasteiger partial charge in [-0.2, -0.15) is 0 Å². The Hall–Kier alpha value is -1.55. The van der Waals surface area contributed by atoms with Crippen molar-refractivity contribution >= 4 is 23.7 Å². The standard InChI is InChI=1S/C13H16N2OS/c1-11(2)15-10-17-8-13-5-3-12(4-6-13)7-14-9-16/h3-6,9-10H,1,7-8H2,2H3,(H,14,16)/b15-10-. The van der Waals surface area contributed by atoms with E-state index < -0.39 is 0 Å². The minimum absolute atomic E-state index is 0.577. The predicted octanol–water partition coefficient (Wildman–Crippen LogP) is 2.73. The number of rotatable bonds is 7. The first-order valence-electron chi connectivity index (χ1n) is 5.27. The normalized spacial score (nSPS) is 10.4. The Morgan fingerprint density at radius 1 is 1.41 bits per heavy atom. The number of carbonyl (C=O) groups excluding carboxylic acids is 1. The average Bonchev–Trinajstić information content (AvgIpc) is 2.33. The molecule has 0 aliphatic heterocycles. The first kappa shape index (κ1) is 13.5. The number of hydrogen-bond acceptors (Lipinski definition) is 3. The lowest BCUT2D eigenvalue weighted by Crippen LogP contribution is -2.09. The van der Waals surface area contributed by atoms with Crippen molar-refractivity contribution in [2.24, 2.45) is 4.99 Å². The first-order valence-corrected chi connectivity index (χ1v) is 6.31. The summed E-state index contributed by atoms with van der Waals surface area (Å²) < 4.78 is 0. The van der Waals surface area contributed by atoms with Crippen LogP contribution in [0.4, 0.5) is 0 Å². The van der Waals surface area contributed by atoms with Crippen molar-refractivity contribution in [1.29, 1.82) is 0 Å². The maximum atomic E-state index is 10.1. The molecule has 17 heavy (non-hydrogen) atoms. The van der Waals surface area contributed by atoms with Crippen LogP contribution in [0.15, 0.2) is 41.5 Å². The molecule has 0 fully saturated rings. The van der Waals surface area contributed by atoms with Crippen molar-refractivity contribution in [3.8, 4) is 0 Å². The molecule has 3 nitrogen and oxygen atoms in total. The van der Waals surface area contributed by atoms with Gasteiger partial charge in [-0.3, -0.25) is 9.79 Å². The summed E-state index contributed by atoms with van der Waals surface area (Å²) in [5, 5.41) is 2.63. The summed E-state index contributed by atoms with van der Waals surface area (Å²) in [7, 11) is 0. The molecule has 0 atom stereocenters. The minimum atomic E-state index is 0.577. The van der Waals surface area contributed by atoms with E-state index in [4.69, 9.17) is 0 Å². The first-order chi connectivity index (χ1) is 8.22. The number of hydrogen-bond donors (Lipinski definition) is 1. The van der Waals surface area contributed by atoms with Crippen molar-refractivity contribution in [2.75, 3.05) is 0 Å². The number of nitrogens with zero attached hydrogens (tertiary/aromatic N) is 1. The molecule has 0 bridgehead atoms. The molecule has 0 spiro atoms. The lowest BCUT2D eigenvalue weighted by molar-refractivity contribution is -0.109. The van der Waals surface area contributed by atoms with Gasteiger partial charge in [-0.25, -0.2) is 0 Å². The molecule has 1 aromatic rings. The summed E-state index contributed by atoms with van der Waals surface area (Å²) in [5.74, 6) is 0.887. The fourth-order valence-corrected chi connectivity index (χ4v) is 1.89. The average molecular weight is 248 g/mol. The van der Waals surface area contributed by atoms with Crippen LogP contribution in [0.2, 0.25) is 0 Å². The lowest BCUT2D eigenvalue weighted by atomic mass is 10.1. The summed E-state index contributed by atoms with van der Waals surface area (Å²) in [6.45, 7) is 6.14. The van der Waals surface area contributed by atoms with Crippen molar-refractivity contribution in [3.63, 3.8) is 0 Å². The molecule has 0 heterocycles. The van der Waals surface area contributed by atoms with Crippen LogP contribution in [0, 0.1) is 0 Å². The van der Waals surface area contributed by atoms with Crippen LogP contribution in [0.25, 0.3) is 0 Å². The number of amides is 1. The molecule has 90 valence electrons. The molecule has 0 aliphatic carbocycles. The molecule has 0 aliphatic rings. The van der Waals surface area contributed by atoms with E-state index in [9.17, 15) is 4.79 Å². The Morgan fingerprint density at radius 2 is 2.06 bits per heavy atom. The number of allylic oxidation sites excluding steroid dienone is 1. The summed E-state index contributed by atoms with van der Waals surface area (Å²) in [5.41, 5.74) is 4.96. The smallest absolute Gasteiger partial charge is 0.207 e. The topological polar surface area (TPSA) is 41.5 Å². The predicted molar refractivity (Wildman–Crippen MR) is 73.9 cm³/mol. The third-order valence-electron chi connectivity index (χ3n) is 2.01. The zero-order valence-corrected chi connectivity index (χ0v) is 10.7. The second-order valence-electron chi connectivity index (χ2n) is 3.60. The zero-order valence-electron chi connectivity index (χ0n) is 9.85. The molecule has 1 rings (SSSR count). The second-order valence-corrected chi connectivity index (χ2v) is 4.43. The Morgan fingerprint density at radius 3 is 2.65 bits per heavy atom. The highest BCUT2D eigenvalue weighted by atomic mass is 32.2. The molecule has 0 saturated heterocycles. The number of nitrogens with one attached hydrogen (secondary N) is 1. The Labute approximate surface area is 106 Å². The van der Waals surface area contributed by atoms with Crippen LogP contribution >= 0.6 is 11.8 Å². The largest absolute Gasteiger partial charge is 0.355 e. The lowest BCUT2D eigenvalue weighted by Gasteiger charge is -2.02. The molecule has 0 aromatic heterocycles. The van der Waals surface area contributed by atoms with Crippen molar-refractivity contribution in [3.05, 3.63) is 47.7 Å². The second kappa shape index (κ2) is 7.68. The Bertz CT molecular complexity index is 398. The van der Waals surface area contributed by atoms with Crippen LogP contribution < -0.4 is 5.32 Å². The molecule has 1 aromatic carbocycles. The number of aliphatic imine (C=N–C) groups is 1. The van der Waals surface area contributed by atoms with Crippen molar-refractivity contribution in [1.82, 2.24) is 5.32 Å². The number of carbonyl (C=O) groups is 1. The molecule has 1 N–H and O–H groups in total. The van der Waals surface area contributed by atoms with E-state index >= 15 is 0 Å². The molecule has 1 amide bonds. The Balaban J connectivity index is 2.39. The van der Waals surface area contributed by atoms with Crippen LogP contribution in [-0.2, 0) is 17.1 Å². The highest BCUT2D eigenvalue weighted by Gasteiger charge is 1.94. The molecule has 0 saturated carbocycles. The maximum Gasteiger partial charge on any atom is 0.207 e. The van der Waals surface area contributed by atoms with E-state index in [0.717, 1.165) is 17.0 Å². The summed E-state index contributed by atoms with van der Waals surface area (Å²) in [6.07, 6.45) is 0.706. The van der Waals surface area contributed by atoms with E-state index in [1.165, 1.54) is 5.56 Å². The Kier molecular flexibility index (Phi) is 6.10. The van der Waals surface area contributed by atoms with Gasteiger partial charge < -0.3 is 5.32 Å². The highest BCUT2D eigenvalue weighted by Crippen LogP contribution is 2.11. The molecule has 0 radical (unpaired) electrons. The van der Waals surface area contributed by atoms with Crippen LogP contribution in [0.1, 0.15) is 18.1 Å². The van der Waals surface area contributed by atoms with Gasteiger partial charge in [0.05, 0.1) is 5.55 Å². The summed E-state index contributed by atoms with van der Waals surface area (Å²) in [4.78, 5) is 14.2. The quantitative estimate of drug-likeness (QED) is 0.458. The molecular formula is C13H16N2OS. The van der Waals surface area contributed by atoms with Crippen LogP contribution in [-0.4, -0.2) is 12.0 Å². The summed E-state index contributed by atoms with van der Waals surface area (Å²) in [6, 6.07) is 8.15. The molecule has 0 unspecified atom stereocenters.